The van der Waals surface area contributed by atoms with Gasteiger partial charge in [0.05, 0.1) is 5.92 Å². The van der Waals surface area contributed by atoms with Gasteiger partial charge in [-0.3, -0.25) is 9.69 Å². The summed E-state index contributed by atoms with van der Waals surface area (Å²) >= 11 is 0. The molecule has 1 amide bonds. The lowest BCUT2D eigenvalue weighted by Crippen LogP contribution is -2.50. The molecule has 1 fully saturated rings. The topological polar surface area (TPSA) is 41.4 Å². The van der Waals surface area contributed by atoms with Crippen molar-refractivity contribution in [3.8, 4) is 0 Å². The maximum Gasteiger partial charge on any atom is 0.234 e. The zero-order valence-electron chi connectivity index (χ0n) is 17.7. The van der Waals surface area contributed by atoms with Gasteiger partial charge in [0.25, 0.3) is 0 Å². The molecule has 1 aliphatic heterocycles. The highest BCUT2D eigenvalue weighted by molar-refractivity contribution is 5.87. The van der Waals surface area contributed by atoms with E-state index in [9.17, 15) is 4.79 Å². The number of hydrogen-bond donors (Lipinski definition) is 0. The van der Waals surface area contributed by atoms with Crippen LogP contribution < -0.4 is 0 Å². The number of amides is 1. The van der Waals surface area contributed by atoms with Crippen LogP contribution in [0.1, 0.15) is 29.8 Å². The number of carbonyl (C=O) groups excluding carboxylic acids is 1. The maximum absolute atomic E-state index is 13.5. The number of benzene rings is 2. The summed E-state index contributed by atoms with van der Waals surface area (Å²) < 4.78 is 2.23. The van der Waals surface area contributed by atoms with Crippen molar-refractivity contribution < 1.29 is 4.79 Å². The van der Waals surface area contributed by atoms with Crippen LogP contribution >= 0.6 is 0 Å². The zero-order chi connectivity index (χ0) is 20.8. The predicted octanol–water partition coefficient (Wildman–Crippen LogP) is 3.42. The highest BCUT2D eigenvalue weighted by Crippen LogP contribution is 2.27. The predicted molar refractivity (Wildman–Crippen MR) is 119 cm³/mol. The molecule has 5 heteroatoms. The summed E-state index contributed by atoms with van der Waals surface area (Å²) in [4.78, 5) is 22.4. The maximum atomic E-state index is 13.5. The Morgan fingerprint density at radius 3 is 2.07 bits per heavy atom. The highest BCUT2D eigenvalue weighted by atomic mass is 16.2. The molecule has 0 atom stereocenters. The normalized spacial score (nSPS) is 14.9. The second kappa shape index (κ2) is 9.72. The largest absolute Gasteiger partial charge is 0.339 e. The third-order valence-corrected chi connectivity index (χ3v) is 5.97. The first-order valence-corrected chi connectivity index (χ1v) is 10.9. The minimum Gasteiger partial charge on any atom is -0.339 e. The molecule has 0 unspecified atom stereocenters. The van der Waals surface area contributed by atoms with Gasteiger partial charge in [-0.2, -0.15) is 0 Å². The summed E-state index contributed by atoms with van der Waals surface area (Å²) in [5.41, 5.74) is 2.12. The Morgan fingerprint density at radius 1 is 0.900 bits per heavy atom. The van der Waals surface area contributed by atoms with Gasteiger partial charge in [0.2, 0.25) is 5.91 Å². The average Bonchev–Trinajstić information content (AvgIpc) is 3.27. The third kappa shape index (κ3) is 4.62. The van der Waals surface area contributed by atoms with Crippen molar-refractivity contribution >= 4 is 5.91 Å². The van der Waals surface area contributed by atoms with Crippen molar-refractivity contribution in [1.82, 2.24) is 19.4 Å². The summed E-state index contributed by atoms with van der Waals surface area (Å²) in [5.74, 6) is 1.10. The molecule has 30 heavy (non-hydrogen) atoms. The molecule has 0 saturated carbocycles. The summed E-state index contributed by atoms with van der Waals surface area (Å²) in [7, 11) is 0. The molecule has 0 N–H and O–H groups in total. The molecule has 0 bridgehead atoms. The smallest absolute Gasteiger partial charge is 0.234 e. The molecular formula is C25H30N4O. The van der Waals surface area contributed by atoms with Gasteiger partial charge in [0.15, 0.2) is 0 Å². The van der Waals surface area contributed by atoms with E-state index in [2.05, 4.69) is 51.8 Å². The van der Waals surface area contributed by atoms with Crippen LogP contribution in [-0.2, 0) is 17.8 Å². The van der Waals surface area contributed by atoms with Crippen molar-refractivity contribution in [3.63, 3.8) is 0 Å². The van der Waals surface area contributed by atoms with Gasteiger partial charge in [-0.25, -0.2) is 4.98 Å². The van der Waals surface area contributed by atoms with Crippen LogP contribution in [-0.4, -0.2) is 58.0 Å². The summed E-state index contributed by atoms with van der Waals surface area (Å²) in [6, 6.07) is 20.3. The zero-order valence-corrected chi connectivity index (χ0v) is 17.7. The SMILES string of the molecule is CCc1nccn1CCN1CCN(C(=O)C(c2ccccc2)c2ccccc2)CC1. The number of hydrogen-bond acceptors (Lipinski definition) is 3. The van der Waals surface area contributed by atoms with E-state index in [4.69, 9.17) is 0 Å². The van der Waals surface area contributed by atoms with Crippen molar-refractivity contribution in [1.29, 1.82) is 0 Å². The van der Waals surface area contributed by atoms with Crippen LogP contribution in [0.15, 0.2) is 73.1 Å². The second-order valence-electron chi connectivity index (χ2n) is 7.81. The second-order valence-corrected chi connectivity index (χ2v) is 7.81. The Morgan fingerprint density at radius 2 is 1.50 bits per heavy atom. The first kappa shape index (κ1) is 20.4. The van der Waals surface area contributed by atoms with Crippen LogP contribution in [0.4, 0.5) is 0 Å². The molecule has 5 nitrogen and oxygen atoms in total. The lowest BCUT2D eigenvalue weighted by Gasteiger charge is -2.36. The fourth-order valence-electron chi connectivity index (χ4n) is 4.25. The first-order valence-electron chi connectivity index (χ1n) is 10.9. The number of rotatable bonds is 7. The standard InChI is InChI=1S/C25H30N4O/c1-2-23-26-13-14-28(23)18-15-27-16-19-29(20-17-27)25(30)24(21-9-5-3-6-10-21)22-11-7-4-8-12-22/h3-14,24H,2,15-20H2,1H3. The van der Waals surface area contributed by atoms with Crippen LogP contribution in [0.3, 0.4) is 0 Å². The highest BCUT2D eigenvalue weighted by Gasteiger charge is 2.29. The third-order valence-electron chi connectivity index (χ3n) is 5.97. The summed E-state index contributed by atoms with van der Waals surface area (Å²) in [6.07, 6.45) is 4.89. The number of imidazole rings is 1. The van der Waals surface area contributed by atoms with Gasteiger partial charge in [-0.15, -0.1) is 0 Å². The lowest BCUT2D eigenvalue weighted by atomic mass is 9.90. The van der Waals surface area contributed by atoms with Gasteiger partial charge < -0.3 is 9.47 Å². The molecule has 0 aliphatic carbocycles. The molecule has 2 heterocycles. The first-order chi connectivity index (χ1) is 14.8. The molecule has 2 aromatic carbocycles. The average molecular weight is 403 g/mol. The van der Waals surface area contributed by atoms with E-state index >= 15 is 0 Å². The molecule has 1 aliphatic rings. The Bertz CT molecular complexity index is 891. The number of aryl methyl sites for hydroxylation is 1. The minimum atomic E-state index is -0.239. The molecule has 4 rings (SSSR count). The Balaban J connectivity index is 1.39. The Hall–Kier alpha value is -2.92. The molecule has 156 valence electrons. The number of nitrogens with zero attached hydrogens (tertiary/aromatic N) is 4. The van der Waals surface area contributed by atoms with Crippen molar-refractivity contribution in [2.24, 2.45) is 0 Å². The number of piperazine rings is 1. The van der Waals surface area contributed by atoms with Gasteiger partial charge in [-0.1, -0.05) is 67.6 Å². The molecule has 0 radical (unpaired) electrons. The quantitative estimate of drug-likeness (QED) is 0.608. The van der Waals surface area contributed by atoms with Gasteiger partial charge in [-0.05, 0) is 11.1 Å². The van der Waals surface area contributed by atoms with Gasteiger partial charge >= 0.3 is 0 Å². The fourth-order valence-corrected chi connectivity index (χ4v) is 4.25. The number of carbonyl (C=O) groups is 1. The van der Waals surface area contributed by atoms with Crippen molar-refractivity contribution in [2.45, 2.75) is 25.8 Å². The Kier molecular flexibility index (Phi) is 6.60. The van der Waals surface area contributed by atoms with Crippen LogP contribution in [0.25, 0.3) is 0 Å². The van der Waals surface area contributed by atoms with E-state index in [1.807, 2.05) is 47.5 Å². The van der Waals surface area contributed by atoms with Gasteiger partial charge in [0, 0.05) is 58.1 Å². The molecule has 1 saturated heterocycles. The van der Waals surface area contributed by atoms with Crippen LogP contribution in [0.5, 0.6) is 0 Å². The fraction of sp³-hybridized carbons (Fsp3) is 0.360. The van der Waals surface area contributed by atoms with E-state index in [0.29, 0.717) is 0 Å². The van der Waals surface area contributed by atoms with Crippen LogP contribution in [0, 0.1) is 0 Å². The summed E-state index contributed by atoms with van der Waals surface area (Å²) in [6.45, 7) is 7.47. The van der Waals surface area contributed by atoms with E-state index in [1.54, 1.807) is 0 Å². The van der Waals surface area contributed by atoms with Crippen molar-refractivity contribution in [2.75, 3.05) is 32.7 Å². The number of aromatic nitrogens is 2. The molecular weight excluding hydrogens is 372 g/mol. The van der Waals surface area contributed by atoms with Gasteiger partial charge in [0.1, 0.15) is 5.82 Å². The molecule has 0 spiro atoms. The lowest BCUT2D eigenvalue weighted by molar-refractivity contribution is -0.133. The Labute approximate surface area is 179 Å². The molecule has 1 aromatic heterocycles. The van der Waals surface area contributed by atoms with E-state index in [0.717, 1.165) is 62.6 Å². The van der Waals surface area contributed by atoms with E-state index in [-0.39, 0.29) is 11.8 Å². The van der Waals surface area contributed by atoms with E-state index in [1.165, 1.54) is 0 Å². The monoisotopic (exact) mass is 402 g/mol. The minimum absolute atomic E-state index is 0.204. The van der Waals surface area contributed by atoms with Crippen LogP contribution in [0.2, 0.25) is 0 Å². The van der Waals surface area contributed by atoms with E-state index < -0.39 is 0 Å². The summed E-state index contributed by atoms with van der Waals surface area (Å²) in [5, 5.41) is 0. The van der Waals surface area contributed by atoms with Crippen molar-refractivity contribution in [3.05, 3.63) is 90.0 Å². The molecule has 3 aromatic rings.